The van der Waals surface area contributed by atoms with Gasteiger partial charge < -0.3 is 0 Å². The molecule has 0 saturated heterocycles. The minimum absolute atomic E-state index is 0. The molecule has 0 nitrogen and oxygen atoms in total. The van der Waals surface area contributed by atoms with Gasteiger partial charge in [0.15, 0.2) is 0 Å². The summed E-state index contributed by atoms with van der Waals surface area (Å²) in [4.78, 5) is 0. The summed E-state index contributed by atoms with van der Waals surface area (Å²) in [6, 6.07) is 0. The van der Waals surface area contributed by atoms with Crippen molar-refractivity contribution in [1.29, 1.82) is 0 Å². The average Bonchev–Trinajstić information content (AvgIpc) is 1.98. The Bertz CT molecular complexity index is 202. The van der Waals surface area contributed by atoms with Crippen LogP contribution in [0.1, 0.15) is 27.7 Å². The van der Waals surface area contributed by atoms with Gasteiger partial charge in [0.2, 0.25) is 0 Å². The molecule has 0 aromatic rings. The summed E-state index contributed by atoms with van der Waals surface area (Å²) in [6.07, 6.45) is 0. The molecule has 0 unspecified atom stereocenters. The number of halogens is 3. The van der Waals surface area contributed by atoms with Gasteiger partial charge in [-0.1, -0.05) is 0 Å². The quantitative estimate of drug-likeness (QED) is 0.409. The Hall–Kier alpha value is 2.05. The van der Waals surface area contributed by atoms with Crippen molar-refractivity contribution < 1.29 is 26.2 Å². The Morgan fingerprint density at radius 1 is 1.00 bits per heavy atom. The van der Waals surface area contributed by atoms with Gasteiger partial charge in [0.25, 0.3) is 0 Å². The first kappa shape index (κ1) is 24.3. The maximum atomic E-state index is 2.28. The first-order valence-electron chi connectivity index (χ1n) is 3.20. The number of rotatable bonds is 0. The smallest absolute Gasteiger partial charge is 0 e. The van der Waals surface area contributed by atoms with E-state index >= 15 is 0 Å². The van der Waals surface area contributed by atoms with Crippen LogP contribution in [0.4, 0.5) is 0 Å². The molecule has 13 heavy (non-hydrogen) atoms. The molecule has 5 heteroatoms. The molecule has 1 aliphatic rings. The van der Waals surface area contributed by atoms with Gasteiger partial charge in [-0.15, -0.1) is 37.2 Å². The van der Waals surface area contributed by atoms with Crippen molar-refractivity contribution in [1.82, 2.24) is 0 Å². The SMILES string of the molecule is C[C]1=[Sb][C-](C)C(C)=C1C.Cl.Cl.Cl.[Zr]. The van der Waals surface area contributed by atoms with Crippen molar-refractivity contribution in [2.75, 3.05) is 0 Å². The molecule has 1 heterocycles. The fourth-order valence-electron chi connectivity index (χ4n) is 0.962. The van der Waals surface area contributed by atoms with Crippen molar-refractivity contribution >= 4 is 61.8 Å². The zero-order valence-electron chi connectivity index (χ0n) is 8.17. The molecule has 0 saturated carbocycles. The molecule has 0 aromatic heterocycles. The second kappa shape index (κ2) is 10.6. The molecule has 1 rings (SSSR count). The van der Waals surface area contributed by atoms with E-state index in [4.69, 9.17) is 0 Å². The minimum Gasteiger partial charge on any atom is -0.147 e. The predicted octanol–water partition coefficient (Wildman–Crippen LogP) is 3.05. The van der Waals surface area contributed by atoms with Crippen LogP contribution in [0.15, 0.2) is 11.1 Å². The summed E-state index contributed by atoms with van der Waals surface area (Å²) < 4.78 is 3.39. The van der Waals surface area contributed by atoms with Crippen molar-refractivity contribution in [3.8, 4) is 0 Å². The molecular weight excluding hydrogens is 415 g/mol. The molecule has 78 valence electrons. The van der Waals surface area contributed by atoms with Crippen LogP contribution >= 0.6 is 37.2 Å². The fraction of sp³-hybridized carbons (Fsp3) is 0.500. The Balaban J connectivity index is -0.000000101. The third-order valence-corrected chi connectivity index (χ3v) is 5.81. The predicted molar refractivity (Wildman–Crippen MR) is 65.5 cm³/mol. The number of allylic oxidation sites excluding steroid dienone is 2. The van der Waals surface area contributed by atoms with Crippen LogP contribution in [0, 0.1) is 3.86 Å². The largest absolute Gasteiger partial charge is 0.147 e. The Kier molecular flexibility index (Phi) is 19.8. The van der Waals surface area contributed by atoms with Crippen molar-refractivity contribution in [2.24, 2.45) is 0 Å². The first-order chi connectivity index (χ1) is 4.13. The van der Waals surface area contributed by atoms with E-state index in [1.54, 1.807) is 18.5 Å². The van der Waals surface area contributed by atoms with Crippen LogP contribution in [-0.4, -0.2) is 24.6 Å². The minimum atomic E-state index is -0.0356. The van der Waals surface area contributed by atoms with Gasteiger partial charge >= 0.3 is 67.3 Å². The van der Waals surface area contributed by atoms with E-state index in [-0.39, 0.29) is 84.6 Å². The summed E-state index contributed by atoms with van der Waals surface area (Å²) in [6.45, 7) is 9.06. The zero-order valence-corrected chi connectivity index (χ0v) is 15.6. The summed E-state index contributed by atoms with van der Waals surface area (Å²) in [5.41, 5.74) is 3.15. The van der Waals surface area contributed by atoms with Crippen LogP contribution in [0.3, 0.4) is 0 Å². The van der Waals surface area contributed by atoms with E-state index in [0.717, 1.165) is 0 Å². The van der Waals surface area contributed by atoms with E-state index in [0.29, 0.717) is 0 Å². The summed E-state index contributed by atoms with van der Waals surface area (Å²) in [5.74, 6) is 0. The molecule has 0 radical (unpaired) electrons. The summed E-state index contributed by atoms with van der Waals surface area (Å²) in [7, 11) is 0. The fourth-order valence-corrected chi connectivity index (χ4v) is 4.31. The molecule has 0 fully saturated rings. The third kappa shape index (κ3) is 6.26. The van der Waals surface area contributed by atoms with E-state index in [2.05, 4.69) is 27.7 Å². The molecule has 0 N–H and O–H groups in total. The standard InChI is InChI=1S/C8H12.3ClH.Sb.Zr/c1-5-7(3)8(4)6-2;;;;;/h1-4H3;3*1H;;/q-1;;;;;. The van der Waals surface area contributed by atoms with Crippen molar-refractivity contribution in [3.63, 3.8) is 0 Å². The molecule has 0 aromatic carbocycles. The molecule has 0 atom stereocenters. The molecule has 0 bridgehead atoms. The second-order valence-corrected chi connectivity index (χ2v) is 7.00. The van der Waals surface area contributed by atoms with Gasteiger partial charge in [0, 0.05) is 26.2 Å². The van der Waals surface area contributed by atoms with E-state index in [1.165, 1.54) is 0 Å². The van der Waals surface area contributed by atoms with E-state index in [1.807, 2.05) is 0 Å². The maximum Gasteiger partial charge on any atom is 0 e. The summed E-state index contributed by atoms with van der Waals surface area (Å²) >= 11 is -0.0356. The average molecular weight is 431 g/mol. The van der Waals surface area contributed by atoms with Crippen LogP contribution in [0.25, 0.3) is 0 Å². The normalized spacial score (nSPS) is 13.2. The van der Waals surface area contributed by atoms with Crippen LogP contribution < -0.4 is 0 Å². The van der Waals surface area contributed by atoms with E-state index < -0.39 is 0 Å². The van der Waals surface area contributed by atoms with Crippen LogP contribution in [0.2, 0.25) is 0 Å². The van der Waals surface area contributed by atoms with Crippen LogP contribution in [-0.2, 0) is 26.2 Å². The van der Waals surface area contributed by atoms with Gasteiger partial charge in [-0.25, -0.2) is 0 Å². The second-order valence-electron chi connectivity index (χ2n) is 2.53. The van der Waals surface area contributed by atoms with Crippen LogP contribution in [0.5, 0.6) is 0 Å². The Morgan fingerprint density at radius 2 is 1.38 bits per heavy atom. The van der Waals surface area contributed by atoms with Gasteiger partial charge in [-0.2, -0.15) is 0 Å². The molecule has 0 aliphatic carbocycles. The van der Waals surface area contributed by atoms with Gasteiger partial charge in [-0.3, -0.25) is 0 Å². The van der Waals surface area contributed by atoms with Crippen molar-refractivity contribution in [3.05, 3.63) is 15.0 Å². The zero-order chi connectivity index (χ0) is 7.02. The first-order valence-corrected chi connectivity index (χ1v) is 5.75. The monoisotopic (exact) mass is 427 g/mol. The van der Waals surface area contributed by atoms with Gasteiger partial charge in [0.1, 0.15) is 0 Å². The van der Waals surface area contributed by atoms with Gasteiger partial charge in [0.05, 0.1) is 0 Å². The molecule has 0 spiro atoms. The number of hydrogen-bond donors (Lipinski definition) is 0. The Labute approximate surface area is 129 Å². The molecular formula is C8H15Cl3SbZr-. The van der Waals surface area contributed by atoms with E-state index in [9.17, 15) is 0 Å². The topological polar surface area (TPSA) is 0 Å². The maximum absolute atomic E-state index is 2.28. The van der Waals surface area contributed by atoms with Gasteiger partial charge in [-0.05, 0) is 0 Å². The summed E-state index contributed by atoms with van der Waals surface area (Å²) in [5, 5.41) is 0. The molecule has 0 amide bonds. The number of hydrogen-bond acceptors (Lipinski definition) is 0. The van der Waals surface area contributed by atoms with Crippen molar-refractivity contribution in [2.45, 2.75) is 27.7 Å². The molecule has 1 aliphatic heterocycles. The Morgan fingerprint density at radius 3 is 1.46 bits per heavy atom. The third-order valence-electron chi connectivity index (χ3n) is 1.98.